The fraction of sp³-hybridized carbons (Fsp3) is 0.538. The standard InChI is InChI=1S/C13H20BrNO4S/c1-19-12-7-6-11(14)10-13(12)20(17,18)15-8-4-2-3-5-9-16/h6-7,10,15-16H,2-5,8-9H2,1H3. The summed E-state index contributed by atoms with van der Waals surface area (Å²) in [6.07, 6.45) is 3.29. The van der Waals surface area contributed by atoms with Gasteiger partial charge in [0.25, 0.3) is 0 Å². The van der Waals surface area contributed by atoms with Crippen LogP contribution in [-0.4, -0.2) is 33.8 Å². The van der Waals surface area contributed by atoms with Gasteiger partial charge in [0, 0.05) is 17.6 Å². The fourth-order valence-electron chi connectivity index (χ4n) is 1.74. The van der Waals surface area contributed by atoms with Gasteiger partial charge in [-0.2, -0.15) is 0 Å². The van der Waals surface area contributed by atoms with E-state index in [0.717, 1.165) is 25.7 Å². The molecule has 0 heterocycles. The van der Waals surface area contributed by atoms with Crippen molar-refractivity contribution in [3.8, 4) is 5.75 Å². The third-order valence-corrected chi connectivity index (χ3v) is 4.77. The van der Waals surface area contributed by atoms with Gasteiger partial charge in [-0.1, -0.05) is 28.8 Å². The lowest BCUT2D eigenvalue weighted by molar-refractivity contribution is 0.282. The van der Waals surface area contributed by atoms with Crippen molar-refractivity contribution in [1.82, 2.24) is 4.72 Å². The van der Waals surface area contributed by atoms with Crippen LogP contribution in [0.3, 0.4) is 0 Å². The van der Waals surface area contributed by atoms with E-state index >= 15 is 0 Å². The average molecular weight is 366 g/mol. The molecule has 0 aliphatic heterocycles. The van der Waals surface area contributed by atoms with Crippen LogP contribution in [0.4, 0.5) is 0 Å². The maximum atomic E-state index is 12.2. The summed E-state index contributed by atoms with van der Waals surface area (Å²) in [7, 11) is -2.13. The zero-order chi connectivity index (χ0) is 15.0. The number of ether oxygens (including phenoxy) is 1. The molecule has 0 aliphatic rings. The summed E-state index contributed by atoms with van der Waals surface area (Å²) in [5.41, 5.74) is 0. The van der Waals surface area contributed by atoms with Gasteiger partial charge in [-0.25, -0.2) is 13.1 Å². The van der Waals surface area contributed by atoms with E-state index in [1.807, 2.05) is 0 Å². The Morgan fingerprint density at radius 3 is 2.60 bits per heavy atom. The Morgan fingerprint density at radius 2 is 1.95 bits per heavy atom. The second-order valence-electron chi connectivity index (χ2n) is 4.33. The maximum Gasteiger partial charge on any atom is 0.244 e. The van der Waals surface area contributed by atoms with Crippen molar-refractivity contribution in [1.29, 1.82) is 0 Å². The summed E-state index contributed by atoms with van der Waals surface area (Å²) >= 11 is 3.26. The van der Waals surface area contributed by atoms with Gasteiger partial charge < -0.3 is 9.84 Å². The summed E-state index contributed by atoms with van der Waals surface area (Å²) in [4.78, 5) is 0.129. The Kier molecular flexibility index (Phi) is 7.50. The van der Waals surface area contributed by atoms with Crippen molar-refractivity contribution < 1.29 is 18.3 Å². The molecule has 0 saturated heterocycles. The minimum Gasteiger partial charge on any atom is -0.495 e. The normalized spacial score (nSPS) is 11.6. The Labute approximate surface area is 128 Å². The summed E-state index contributed by atoms with van der Waals surface area (Å²) in [6.45, 7) is 0.560. The van der Waals surface area contributed by atoms with Crippen LogP contribution in [0.1, 0.15) is 25.7 Å². The van der Waals surface area contributed by atoms with Crippen LogP contribution in [0, 0.1) is 0 Å². The zero-order valence-electron chi connectivity index (χ0n) is 11.4. The Balaban J connectivity index is 2.62. The van der Waals surface area contributed by atoms with Crippen molar-refractivity contribution in [2.24, 2.45) is 0 Å². The van der Waals surface area contributed by atoms with E-state index < -0.39 is 10.0 Å². The molecule has 5 nitrogen and oxygen atoms in total. The fourth-order valence-corrected chi connectivity index (χ4v) is 3.51. The summed E-state index contributed by atoms with van der Waals surface area (Å²) in [5.74, 6) is 0.320. The molecular formula is C13H20BrNO4S. The van der Waals surface area contributed by atoms with Crippen molar-refractivity contribution >= 4 is 26.0 Å². The number of methoxy groups -OCH3 is 1. The molecule has 0 aliphatic carbocycles. The number of rotatable bonds is 9. The van der Waals surface area contributed by atoms with Gasteiger partial charge in [0.2, 0.25) is 10.0 Å². The van der Waals surface area contributed by atoms with Gasteiger partial charge in [0.15, 0.2) is 0 Å². The predicted octanol–water partition coefficient (Wildman–Crippen LogP) is 2.29. The first kappa shape index (κ1) is 17.4. The van der Waals surface area contributed by atoms with E-state index in [1.165, 1.54) is 13.2 Å². The van der Waals surface area contributed by atoms with Crippen LogP contribution in [0.25, 0.3) is 0 Å². The number of nitrogens with one attached hydrogen (secondary N) is 1. The molecule has 1 aromatic carbocycles. The third-order valence-electron chi connectivity index (χ3n) is 2.79. The lowest BCUT2D eigenvalue weighted by Crippen LogP contribution is -2.25. The highest BCUT2D eigenvalue weighted by Gasteiger charge is 2.19. The molecule has 1 aromatic rings. The first-order chi connectivity index (χ1) is 9.51. The minimum atomic E-state index is -3.57. The number of sulfonamides is 1. The van der Waals surface area contributed by atoms with E-state index in [4.69, 9.17) is 9.84 Å². The minimum absolute atomic E-state index is 0.129. The van der Waals surface area contributed by atoms with Gasteiger partial charge in [-0.05, 0) is 31.0 Å². The molecule has 7 heteroatoms. The van der Waals surface area contributed by atoms with E-state index in [0.29, 0.717) is 16.8 Å². The largest absolute Gasteiger partial charge is 0.495 e. The average Bonchev–Trinajstić information content (AvgIpc) is 2.42. The first-order valence-electron chi connectivity index (χ1n) is 6.45. The van der Waals surface area contributed by atoms with Crippen molar-refractivity contribution in [3.63, 3.8) is 0 Å². The third kappa shape index (κ3) is 5.40. The maximum absolute atomic E-state index is 12.2. The Morgan fingerprint density at radius 1 is 1.25 bits per heavy atom. The van der Waals surface area contributed by atoms with Crippen molar-refractivity contribution in [3.05, 3.63) is 22.7 Å². The molecule has 2 N–H and O–H groups in total. The number of halogens is 1. The summed E-state index contributed by atoms with van der Waals surface area (Å²) in [5, 5.41) is 8.65. The van der Waals surface area contributed by atoms with Crippen LogP contribution >= 0.6 is 15.9 Å². The molecule has 0 spiro atoms. The topological polar surface area (TPSA) is 75.6 Å². The Bertz CT molecular complexity index is 519. The quantitative estimate of drug-likeness (QED) is 0.658. The monoisotopic (exact) mass is 365 g/mol. The van der Waals surface area contributed by atoms with E-state index in [9.17, 15) is 8.42 Å². The molecule has 114 valence electrons. The zero-order valence-corrected chi connectivity index (χ0v) is 13.8. The highest BCUT2D eigenvalue weighted by molar-refractivity contribution is 9.10. The second kappa shape index (κ2) is 8.61. The van der Waals surface area contributed by atoms with E-state index in [-0.39, 0.29) is 11.5 Å². The first-order valence-corrected chi connectivity index (χ1v) is 8.73. The molecule has 0 fully saturated rings. The van der Waals surface area contributed by atoms with Crippen LogP contribution in [0.2, 0.25) is 0 Å². The molecule has 0 saturated carbocycles. The smallest absolute Gasteiger partial charge is 0.244 e. The molecule has 0 radical (unpaired) electrons. The molecular weight excluding hydrogens is 346 g/mol. The van der Waals surface area contributed by atoms with Gasteiger partial charge >= 0.3 is 0 Å². The van der Waals surface area contributed by atoms with Crippen LogP contribution < -0.4 is 9.46 Å². The number of benzene rings is 1. The van der Waals surface area contributed by atoms with Gasteiger partial charge in [-0.3, -0.25) is 0 Å². The highest BCUT2D eigenvalue weighted by Crippen LogP contribution is 2.26. The number of unbranched alkanes of at least 4 members (excludes halogenated alkanes) is 3. The van der Waals surface area contributed by atoms with Gasteiger partial charge in [0.05, 0.1) is 7.11 Å². The lowest BCUT2D eigenvalue weighted by atomic mass is 10.2. The van der Waals surface area contributed by atoms with Crippen molar-refractivity contribution in [2.45, 2.75) is 30.6 Å². The van der Waals surface area contributed by atoms with E-state index in [1.54, 1.807) is 12.1 Å². The summed E-state index contributed by atoms with van der Waals surface area (Å²) in [6, 6.07) is 4.86. The number of hydrogen-bond donors (Lipinski definition) is 2. The highest BCUT2D eigenvalue weighted by atomic mass is 79.9. The molecule has 0 amide bonds. The molecule has 0 unspecified atom stereocenters. The van der Waals surface area contributed by atoms with Crippen molar-refractivity contribution in [2.75, 3.05) is 20.3 Å². The molecule has 0 aromatic heterocycles. The number of aliphatic hydroxyl groups excluding tert-OH is 1. The SMILES string of the molecule is COc1ccc(Br)cc1S(=O)(=O)NCCCCCCO. The predicted molar refractivity (Wildman–Crippen MR) is 81.4 cm³/mol. The molecule has 0 atom stereocenters. The molecule has 1 rings (SSSR count). The molecule has 20 heavy (non-hydrogen) atoms. The van der Waals surface area contributed by atoms with Crippen LogP contribution in [0.5, 0.6) is 5.75 Å². The van der Waals surface area contributed by atoms with Gasteiger partial charge in [0.1, 0.15) is 10.6 Å². The van der Waals surface area contributed by atoms with Crippen LogP contribution in [0.15, 0.2) is 27.6 Å². The van der Waals surface area contributed by atoms with Crippen LogP contribution in [-0.2, 0) is 10.0 Å². The van der Waals surface area contributed by atoms with E-state index in [2.05, 4.69) is 20.7 Å². The summed E-state index contributed by atoms with van der Waals surface area (Å²) < 4.78 is 32.7. The molecule has 0 bridgehead atoms. The number of aliphatic hydroxyl groups is 1. The second-order valence-corrected chi connectivity index (χ2v) is 6.98. The Hall–Kier alpha value is -0.630. The lowest BCUT2D eigenvalue weighted by Gasteiger charge is -2.11. The number of hydrogen-bond acceptors (Lipinski definition) is 4. The van der Waals surface area contributed by atoms with Gasteiger partial charge in [-0.15, -0.1) is 0 Å².